The van der Waals surface area contributed by atoms with E-state index in [0.29, 0.717) is 30.0 Å². The van der Waals surface area contributed by atoms with Crippen LogP contribution in [0.3, 0.4) is 0 Å². The molecule has 0 saturated carbocycles. The number of nitrogens with two attached hydrogens (primary N) is 1. The van der Waals surface area contributed by atoms with Crippen molar-refractivity contribution in [2.75, 3.05) is 43.4 Å². The summed E-state index contributed by atoms with van der Waals surface area (Å²) in [6.45, 7) is 9.42. The lowest BCUT2D eigenvalue weighted by atomic mass is 9.93. The normalized spacial score (nSPS) is 22.1. The van der Waals surface area contributed by atoms with Crippen LogP contribution in [0.5, 0.6) is 0 Å². The van der Waals surface area contributed by atoms with Gasteiger partial charge < -0.3 is 20.9 Å². The first-order chi connectivity index (χ1) is 16.4. The van der Waals surface area contributed by atoms with Crippen LogP contribution in [0.2, 0.25) is 5.02 Å². The second kappa shape index (κ2) is 11.2. The van der Waals surface area contributed by atoms with E-state index in [1.807, 2.05) is 4.90 Å². The molecular formula is C25H36ClN7O. The predicted octanol–water partition coefficient (Wildman–Crippen LogP) is 3.62. The minimum absolute atomic E-state index is 0.0118. The number of carbonyl (C=O) groups excluding carboxylic acids is 1. The van der Waals surface area contributed by atoms with E-state index in [1.165, 1.54) is 24.6 Å². The van der Waals surface area contributed by atoms with Crippen LogP contribution in [-0.4, -0.2) is 70.6 Å². The Morgan fingerprint density at radius 2 is 1.82 bits per heavy atom. The van der Waals surface area contributed by atoms with Gasteiger partial charge in [0.15, 0.2) is 0 Å². The maximum absolute atomic E-state index is 13.0. The van der Waals surface area contributed by atoms with Gasteiger partial charge in [-0.15, -0.1) is 0 Å². The van der Waals surface area contributed by atoms with Crippen LogP contribution < -0.4 is 16.0 Å². The van der Waals surface area contributed by atoms with Crippen molar-refractivity contribution in [2.45, 2.75) is 51.7 Å². The molecule has 1 aromatic carbocycles. The van der Waals surface area contributed by atoms with Crippen molar-refractivity contribution in [1.82, 2.24) is 25.1 Å². The molecule has 9 heteroatoms. The van der Waals surface area contributed by atoms with Crippen molar-refractivity contribution in [1.29, 1.82) is 0 Å². The highest BCUT2D eigenvalue weighted by molar-refractivity contribution is 6.32. The number of nitrogen functional groups attached to an aromatic ring is 1. The van der Waals surface area contributed by atoms with E-state index in [2.05, 4.69) is 69.3 Å². The van der Waals surface area contributed by atoms with Crippen LogP contribution >= 0.6 is 11.6 Å². The lowest BCUT2D eigenvalue weighted by Crippen LogP contribution is -2.61. The van der Waals surface area contributed by atoms with Crippen molar-refractivity contribution in [3.63, 3.8) is 0 Å². The zero-order valence-corrected chi connectivity index (χ0v) is 20.9. The molecule has 184 valence electrons. The molecule has 3 heterocycles. The fourth-order valence-electron chi connectivity index (χ4n) is 5.16. The van der Waals surface area contributed by atoms with Crippen LogP contribution in [0, 0.1) is 5.92 Å². The summed E-state index contributed by atoms with van der Waals surface area (Å²) in [5.41, 5.74) is 7.22. The smallest absolute Gasteiger partial charge is 0.318 e. The predicted molar refractivity (Wildman–Crippen MR) is 137 cm³/mol. The number of halogens is 1. The summed E-state index contributed by atoms with van der Waals surface area (Å²) in [6, 6.07) is 10.7. The molecule has 2 aliphatic heterocycles. The van der Waals surface area contributed by atoms with E-state index >= 15 is 0 Å². The number of anilines is 2. The van der Waals surface area contributed by atoms with Gasteiger partial charge in [0.1, 0.15) is 10.8 Å². The molecule has 0 radical (unpaired) electrons. The Hall–Kier alpha value is -2.58. The van der Waals surface area contributed by atoms with Gasteiger partial charge in [-0.3, -0.25) is 4.90 Å². The highest BCUT2D eigenvalue weighted by Gasteiger charge is 2.34. The van der Waals surface area contributed by atoms with Crippen LogP contribution in [0.1, 0.15) is 38.7 Å². The Labute approximate surface area is 207 Å². The molecule has 0 spiro atoms. The van der Waals surface area contributed by atoms with E-state index in [1.54, 1.807) is 0 Å². The fourth-order valence-corrected chi connectivity index (χ4v) is 5.25. The van der Waals surface area contributed by atoms with E-state index in [9.17, 15) is 4.79 Å². The maximum Gasteiger partial charge on any atom is 0.318 e. The molecule has 2 amide bonds. The van der Waals surface area contributed by atoms with Gasteiger partial charge in [0.25, 0.3) is 0 Å². The number of hydrogen-bond donors (Lipinski definition) is 2. The summed E-state index contributed by atoms with van der Waals surface area (Å²) in [5.74, 6) is 1.50. The van der Waals surface area contributed by atoms with Crippen molar-refractivity contribution in [3.8, 4) is 0 Å². The Balaban J connectivity index is 1.19. The number of hydrogen-bond acceptors (Lipinski definition) is 6. The highest BCUT2D eigenvalue weighted by atomic mass is 35.5. The molecule has 34 heavy (non-hydrogen) atoms. The topological polar surface area (TPSA) is 90.6 Å². The largest absolute Gasteiger partial charge is 0.382 e. The van der Waals surface area contributed by atoms with Gasteiger partial charge in [-0.1, -0.05) is 41.9 Å². The van der Waals surface area contributed by atoms with E-state index in [0.717, 1.165) is 32.6 Å². The average molecular weight is 486 g/mol. The SMILES string of the molecule is C[C@@H]1CN(c2ncc(Cl)c(N)n2)C[C@@H](C)N1C(=O)NCCC1CCN(Cc2ccccc2)CC1. The number of amides is 2. The lowest BCUT2D eigenvalue weighted by molar-refractivity contribution is 0.139. The monoisotopic (exact) mass is 485 g/mol. The van der Waals surface area contributed by atoms with Crippen molar-refractivity contribution < 1.29 is 4.79 Å². The van der Waals surface area contributed by atoms with Gasteiger partial charge in [-0.05, 0) is 57.7 Å². The minimum atomic E-state index is 0.0118. The van der Waals surface area contributed by atoms with Gasteiger partial charge in [0, 0.05) is 38.3 Å². The highest BCUT2D eigenvalue weighted by Crippen LogP contribution is 2.24. The molecule has 2 aromatic rings. The van der Waals surface area contributed by atoms with E-state index in [-0.39, 0.29) is 23.9 Å². The minimum Gasteiger partial charge on any atom is -0.382 e. The Kier molecular flexibility index (Phi) is 8.11. The summed E-state index contributed by atoms with van der Waals surface area (Å²) in [6.07, 6.45) is 4.95. The Bertz CT molecular complexity index is 940. The third-order valence-corrected chi connectivity index (χ3v) is 7.27. The number of aromatic nitrogens is 2. The zero-order chi connectivity index (χ0) is 24.1. The molecule has 2 atom stereocenters. The standard InChI is InChI=1S/C25H36ClN7O/c1-18-15-32(24-29-14-22(26)23(27)30-24)16-19(2)33(18)25(34)28-11-8-20-9-12-31(13-10-20)17-21-6-4-3-5-7-21/h3-7,14,18-20H,8-13,15-17H2,1-2H3,(H,28,34)(H2,27,29,30)/t18-,19-/m1/s1. The fraction of sp³-hybridized carbons (Fsp3) is 0.560. The second-order valence-electron chi connectivity index (χ2n) is 9.64. The first-order valence-corrected chi connectivity index (χ1v) is 12.6. The molecule has 4 rings (SSSR count). The number of nitrogens with one attached hydrogen (secondary N) is 1. The van der Waals surface area contributed by atoms with Crippen LogP contribution in [0.4, 0.5) is 16.6 Å². The second-order valence-corrected chi connectivity index (χ2v) is 10.0. The molecule has 8 nitrogen and oxygen atoms in total. The van der Waals surface area contributed by atoms with E-state index < -0.39 is 0 Å². The molecule has 2 saturated heterocycles. The molecule has 0 aliphatic carbocycles. The molecule has 2 fully saturated rings. The van der Waals surface area contributed by atoms with Gasteiger partial charge >= 0.3 is 6.03 Å². The first kappa shape index (κ1) is 24.5. The number of piperidine rings is 1. The van der Waals surface area contributed by atoms with Gasteiger partial charge in [0.2, 0.25) is 5.95 Å². The molecular weight excluding hydrogens is 450 g/mol. The lowest BCUT2D eigenvalue weighted by Gasteiger charge is -2.44. The number of nitrogens with zero attached hydrogens (tertiary/aromatic N) is 5. The van der Waals surface area contributed by atoms with E-state index in [4.69, 9.17) is 17.3 Å². The third kappa shape index (κ3) is 6.10. The van der Waals surface area contributed by atoms with Gasteiger partial charge in [-0.25, -0.2) is 9.78 Å². The van der Waals surface area contributed by atoms with Crippen LogP contribution in [0.25, 0.3) is 0 Å². The number of piperazine rings is 1. The maximum atomic E-state index is 13.0. The first-order valence-electron chi connectivity index (χ1n) is 12.3. The number of urea groups is 1. The van der Waals surface area contributed by atoms with Gasteiger partial charge in [0.05, 0.1) is 6.20 Å². The number of rotatable bonds is 6. The Morgan fingerprint density at radius 3 is 2.47 bits per heavy atom. The van der Waals surface area contributed by atoms with Crippen molar-refractivity contribution in [3.05, 3.63) is 47.1 Å². The molecule has 1 aromatic heterocycles. The van der Waals surface area contributed by atoms with Crippen LogP contribution in [-0.2, 0) is 6.54 Å². The third-order valence-electron chi connectivity index (χ3n) is 6.98. The number of carbonyl (C=O) groups is 1. The van der Waals surface area contributed by atoms with Crippen LogP contribution in [0.15, 0.2) is 36.5 Å². The summed E-state index contributed by atoms with van der Waals surface area (Å²) < 4.78 is 0. The molecule has 3 N–H and O–H groups in total. The summed E-state index contributed by atoms with van der Waals surface area (Å²) in [4.78, 5) is 28.1. The molecule has 0 unspecified atom stereocenters. The zero-order valence-electron chi connectivity index (χ0n) is 20.2. The molecule has 2 aliphatic rings. The Morgan fingerprint density at radius 1 is 1.15 bits per heavy atom. The van der Waals surface area contributed by atoms with Crippen molar-refractivity contribution in [2.24, 2.45) is 5.92 Å². The van der Waals surface area contributed by atoms with Gasteiger partial charge in [-0.2, -0.15) is 4.98 Å². The number of likely N-dealkylation sites (tertiary alicyclic amines) is 1. The molecule has 0 bridgehead atoms. The summed E-state index contributed by atoms with van der Waals surface area (Å²) >= 11 is 5.95. The number of benzene rings is 1. The quantitative estimate of drug-likeness (QED) is 0.649. The average Bonchev–Trinajstić information content (AvgIpc) is 2.82. The summed E-state index contributed by atoms with van der Waals surface area (Å²) in [5, 5.41) is 3.52. The van der Waals surface area contributed by atoms with Crippen molar-refractivity contribution >= 4 is 29.4 Å². The summed E-state index contributed by atoms with van der Waals surface area (Å²) in [7, 11) is 0.